The normalized spacial score (nSPS) is 17.5. The van der Waals surface area contributed by atoms with Crippen molar-refractivity contribution in [2.24, 2.45) is 11.7 Å². The fraction of sp³-hybridized carbons (Fsp3) is 0.429. The van der Waals surface area contributed by atoms with Crippen LogP contribution in [0.1, 0.15) is 19.3 Å². The summed E-state index contributed by atoms with van der Waals surface area (Å²) in [4.78, 5) is 26.8. The third kappa shape index (κ3) is 5.63. The number of hydrogen-bond acceptors (Lipinski definition) is 4. The second-order valence-electron chi connectivity index (χ2n) is 7.13. The van der Waals surface area contributed by atoms with Gasteiger partial charge in [-0.1, -0.05) is 35.9 Å². The van der Waals surface area contributed by atoms with Crippen molar-refractivity contribution in [1.82, 2.24) is 10.2 Å². The Hall–Kier alpha value is -1.76. The molecule has 1 atom stereocenters. The van der Waals surface area contributed by atoms with Gasteiger partial charge in [-0.25, -0.2) is 0 Å². The zero-order chi connectivity index (χ0) is 19.9. The van der Waals surface area contributed by atoms with Gasteiger partial charge in [0.05, 0.1) is 11.7 Å². The maximum Gasteiger partial charge on any atom is 0.230 e. The molecule has 7 heteroatoms. The molecule has 0 saturated carbocycles. The summed E-state index contributed by atoms with van der Waals surface area (Å²) in [6.45, 7) is 3.24. The van der Waals surface area contributed by atoms with Crippen molar-refractivity contribution < 1.29 is 9.59 Å². The zero-order valence-electron chi connectivity index (χ0n) is 15.8. The maximum absolute atomic E-state index is 12.2. The number of fused-ring (bicyclic) bond motifs is 1. The third-order valence-electron chi connectivity index (χ3n) is 5.06. The molecule has 3 N–H and O–H groups in total. The van der Waals surface area contributed by atoms with Gasteiger partial charge in [-0.2, -0.15) is 0 Å². The van der Waals surface area contributed by atoms with E-state index >= 15 is 0 Å². The van der Waals surface area contributed by atoms with Crippen LogP contribution in [-0.2, 0) is 9.59 Å². The van der Waals surface area contributed by atoms with Crippen molar-refractivity contribution in [3.05, 3.63) is 41.4 Å². The molecule has 1 fully saturated rings. The van der Waals surface area contributed by atoms with Gasteiger partial charge >= 0.3 is 0 Å². The molecule has 3 rings (SSSR count). The maximum atomic E-state index is 12.2. The molecule has 28 heavy (non-hydrogen) atoms. The highest BCUT2D eigenvalue weighted by atomic mass is 35.5. The van der Waals surface area contributed by atoms with Crippen molar-refractivity contribution in [3.8, 4) is 0 Å². The Labute approximate surface area is 175 Å². The summed E-state index contributed by atoms with van der Waals surface area (Å²) in [5.74, 6) is 0.135. The first-order chi connectivity index (χ1) is 13.5. The summed E-state index contributed by atoms with van der Waals surface area (Å²) in [5, 5.41) is 5.76. The Bertz CT molecular complexity index is 840. The van der Waals surface area contributed by atoms with E-state index in [9.17, 15) is 9.59 Å². The predicted molar refractivity (Wildman–Crippen MR) is 116 cm³/mol. The number of amides is 2. The molecule has 150 valence electrons. The van der Waals surface area contributed by atoms with Crippen molar-refractivity contribution in [2.75, 3.05) is 31.9 Å². The van der Waals surface area contributed by atoms with Crippen LogP contribution in [0.5, 0.6) is 0 Å². The van der Waals surface area contributed by atoms with Gasteiger partial charge in [0.15, 0.2) is 0 Å². The van der Waals surface area contributed by atoms with Crippen LogP contribution < -0.4 is 11.1 Å². The minimum atomic E-state index is -0.205. The van der Waals surface area contributed by atoms with Gasteiger partial charge < -0.3 is 16.0 Å². The SMILES string of the molecule is NC(=O)C1CCCN(CCCNC(=O)CSc2cccc3cccc(Cl)c23)C1. The Morgan fingerprint density at radius 2 is 2.04 bits per heavy atom. The number of piperidine rings is 1. The fourth-order valence-electron chi connectivity index (χ4n) is 3.60. The van der Waals surface area contributed by atoms with Crippen LogP contribution >= 0.6 is 23.4 Å². The van der Waals surface area contributed by atoms with E-state index in [1.165, 1.54) is 11.8 Å². The highest BCUT2D eigenvalue weighted by Crippen LogP contribution is 2.33. The van der Waals surface area contributed by atoms with Crippen LogP contribution in [0.15, 0.2) is 41.3 Å². The summed E-state index contributed by atoms with van der Waals surface area (Å²) in [7, 11) is 0. The lowest BCUT2D eigenvalue weighted by Crippen LogP contribution is -2.42. The number of nitrogens with zero attached hydrogens (tertiary/aromatic N) is 1. The molecule has 1 heterocycles. The molecule has 2 aromatic carbocycles. The van der Waals surface area contributed by atoms with Crippen molar-refractivity contribution >= 4 is 45.9 Å². The van der Waals surface area contributed by atoms with Crippen molar-refractivity contribution in [2.45, 2.75) is 24.2 Å². The molecule has 1 aliphatic rings. The van der Waals surface area contributed by atoms with Gasteiger partial charge in [0.2, 0.25) is 11.8 Å². The van der Waals surface area contributed by atoms with Gasteiger partial charge in [0, 0.05) is 28.4 Å². The fourth-order valence-corrected chi connectivity index (χ4v) is 4.87. The Morgan fingerprint density at radius 3 is 2.82 bits per heavy atom. The number of rotatable bonds is 8. The lowest BCUT2D eigenvalue weighted by molar-refractivity contribution is -0.123. The largest absolute Gasteiger partial charge is 0.369 e. The molecule has 2 amide bonds. The van der Waals surface area contributed by atoms with E-state index in [-0.39, 0.29) is 17.7 Å². The summed E-state index contributed by atoms with van der Waals surface area (Å²) in [6, 6.07) is 11.8. The minimum absolute atomic E-state index is 0.0164. The van der Waals surface area contributed by atoms with Crippen LogP contribution in [0.4, 0.5) is 0 Å². The molecule has 1 aliphatic heterocycles. The zero-order valence-corrected chi connectivity index (χ0v) is 17.4. The molecule has 1 saturated heterocycles. The van der Waals surface area contributed by atoms with E-state index in [4.69, 9.17) is 17.3 Å². The predicted octanol–water partition coefficient (Wildman–Crippen LogP) is 3.29. The van der Waals surface area contributed by atoms with Gasteiger partial charge in [-0.15, -0.1) is 11.8 Å². The highest BCUT2D eigenvalue weighted by molar-refractivity contribution is 8.00. The van der Waals surface area contributed by atoms with Crippen LogP contribution in [0, 0.1) is 5.92 Å². The number of thioether (sulfide) groups is 1. The molecule has 1 unspecified atom stereocenters. The van der Waals surface area contributed by atoms with E-state index in [0.717, 1.165) is 54.6 Å². The van der Waals surface area contributed by atoms with E-state index in [1.807, 2.05) is 36.4 Å². The Morgan fingerprint density at radius 1 is 1.25 bits per heavy atom. The third-order valence-corrected chi connectivity index (χ3v) is 6.43. The van der Waals surface area contributed by atoms with E-state index < -0.39 is 0 Å². The topological polar surface area (TPSA) is 75.4 Å². The average molecular weight is 420 g/mol. The van der Waals surface area contributed by atoms with Crippen molar-refractivity contribution in [1.29, 1.82) is 0 Å². The van der Waals surface area contributed by atoms with E-state index in [2.05, 4.69) is 10.2 Å². The standard InChI is InChI=1S/C21H26ClN3O2S/c22-17-8-1-5-15-6-2-9-18(20(15)17)28-14-19(26)24-10-4-12-25-11-3-7-16(13-25)21(23)27/h1-2,5-6,8-9,16H,3-4,7,10-14H2,(H2,23,27)(H,24,26). The van der Waals surface area contributed by atoms with Crippen molar-refractivity contribution in [3.63, 3.8) is 0 Å². The quantitative estimate of drug-likeness (QED) is 0.508. The van der Waals surface area contributed by atoms with Crippen LogP contribution in [-0.4, -0.2) is 48.6 Å². The smallest absolute Gasteiger partial charge is 0.230 e. The molecular weight excluding hydrogens is 394 g/mol. The second-order valence-corrected chi connectivity index (χ2v) is 8.55. The van der Waals surface area contributed by atoms with Gasteiger partial charge in [0.1, 0.15) is 0 Å². The number of nitrogens with one attached hydrogen (secondary N) is 1. The minimum Gasteiger partial charge on any atom is -0.369 e. The number of nitrogens with two attached hydrogens (primary N) is 1. The number of benzene rings is 2. The summed E-state index contributed by atoms with van der Waals surface area (Å²) < 4.78 is 0. The van der Waals surface area contributed by atoms with Crippen LogP contribution in [0.3, 0.4) is 0 Å². The number of likely N-dealkylation sites (tertiary alicyclic amines) is 1. The van der Waals surface area contributed by atoms with Gasteiger partial charge in [-0.3, -0.25) is 9.59 Å². The Kier molecular flexibility index (Phi) is 7.59. The lowest BCUT2D eigenvalue weighted by atomic mass is 9.97. The first-order valence-corrected chi connectivity index (χ1v) is 11.0. The molecule has 5 nitrogen and oxygen atoms in total. The van der Waals surface area contributed by atoms with Crippen LogP contribution in [0.25, 0.3) is 10.8 Å². The Balaban J connectivity index is 1.40. The number of halogens is 1. The summed E-state index contributed by atoms with van der Waals surface area (Å²) in [6.07, 6.45) is 2.75. The lowest BCUT2D eigenvalue weighted by Gasteiger charge is -2.31. The summed E-state index contributed by atoms with van der Waals surface area (Å²) >= 11 is 7.84. The van der Waals surface area contributed by atoms with E-state index in [1.54, 1.807) is 0 Å². The van der Waals surface area contributed by atoms with E-state index in [0.29, 0.717) is 17.3 Å². The van der Waals surface area contributed by atoms with Gasteiger partial charge in [0.25, 0.3) is 0 Å². The number of hydrogen-bond donors (Lipinski definition) is 2. The first-order valence-electron chi connectivity index (χ1n) is 9.63. The second kappa shape index (κ2) is 10.1. The molecule has 2 aromatic rings. The highest BCUT2D eigenvalue weighted by Gasteiger charge is 2.23. The molecule has 0 bridgehead atoms. The molecular formula is C21H26ClN3O2S. The molecule has 0 spiro atoms. The number of primary amides is 1. The molecule has 0 aliphatic carbocycles. The molecule has 0 radical (unpaired) electrons. The number of carbonyl (C=O) groups is 2. The van der Waals surface area contributed by atoms with Crippen LogP contribution in [0.2, 0.25) is 5.02 Å². The monoisotopic (exact) mass is 419 g/mol. The van der Waals surface area contributed by atoms with Gasteiger partial charge in [-0.05, 0) is 49.9 Å². The summed E-state index contributed by atoms with van der Waals surface area (Å²) in [5.41, 5.74) is 5.42. The average Bonchev–Trinajstić information content (AvgIpc) is 2.70. The number of carbonyl (C=O) groups excluding carboxylic acids is 2. The first kappa shape index (κ1) is 21.0. The molecule has 0 aromatic heterocycles.